The molecule has 0 aliphatic rings. The molecule has 0 saturated heterocycles. The molecule has 1 aromatic carbocycles. The van der Waals surface area contributed by atoms with Crippen LogP contribution in [0.5, 0.6) is 5.75 Å². The first-order valence-corrected chi connectivity index (χ1v) is 7.49. The van der Waals surface area contributed by atoms with Crippen molar-refractivity contribution in [2.24, 2.45) is 0 Å². The second-order valence-electron chi connectivity index (χ2n) is 6.21. The Balaban J connectivity index is 2.63. The molecule has 132 valence electrons. The molecule has 9 heteroatoms. The summed E-state index contributed by atoms with van der Waals surface area (Å²) < 4.78 is 5.20. The van der Waals surface area contributed by atoms with E-state index in [2.05, 4.69) is 5.32 Å². The minimum Gasteiger partial charge on any atom is -0.477 e. The SMILES string of the molecule is CN(CC(=O)NC(C)(C)C)C(=O)COc1ccc(Cl)cc1[N+](=O)[O-]. The van der Waals surface area contributed by atoms with Crippen molar-refractivity contribution in [3.63, 3.8) is 0 Å². The minimum atomic E-state index is -0.647. The maximum atomic E-state index is 12.0. The molecule has 24 heavy (non-hydrogen) atoms. The molecule has 0 fully saturated rings. The Morgan fingerprint density at radius 3 is 2.54 bits per heavy atom. The molecule has 0 saturated carbocycles. The van der Waals surface area contributed by atoms with Gasteiger partial charge in [-0.1, -0.05) is 11.6 Å². The van der Waals surface area contributed by atoms with Crippen LogP contribution >= 0.6 is 11.6 Å². The lowest BCUT2D eigenvalue weighted by molar-refractivity contribution is -0.385. The first-order valence-electron chi connectivity index (χ1n) is 7.11. The maximum Gasteiger partial charge on any atom is 0.312 e. The summed E-state index contributed by atoms with van der Waals surface area (Å²) in [6, 6.07) is 3.89. The Kier molecular flexibility index (Phi) is 6.53. The first kappa shape index (κ1) is 19.7. The monoisotopic (exact) mass is 357 g/mol. The molecule has 0 aliphatic heterocycles. The predicted molar refractivity (Wildman–Crippen MR) is 89.1 cm³/mol. The molecule has 1 N–H and O–H groups in total. The summed E-state index contributed by atoms with van der Waals surface area (Å²) in [6.07, 6.45) is 0. The zero-order valence-corrected chi connectivity index (χ0v) is 14.7. The second kappa shape index (κ2) is 7.96. The van der Waals surface area contributed by atoms with Crippen LogP contribution in [0.15, 0.2) is 18.2 Å². The number of halogens is 1. The van der Waals surface area contributed by atoms with Gasteiger partial charge in [-0.3, -0.25) is 19.7 Å². The van der Waals surface area contributed by atoms with E-state index in [4.69, 9.17) is 16.3 Å². The highest BCUT2D eigenvalue weighted by Gasteiger charge is 2.20. The smallest absolute Gasteiger partial charge is 0.312 e. The molecule has 0 heterocycles. The molecule has 0 aliphatic carbocycles. The average Bonchev–Trinajstić information content (AvgIpc) is 2.43. The van der Waals surface area contributed by atoms with Crippen LogP contribution in [-0.4, -0.2) is 47.4 Å². The number of nitro groups is 1. The molecule has 2 amide bonds. The number of likely N-dealkylation sites (N-methyl/N-ethyl adjacent to an activating group) is 1. The Morgan fingerprint density at radius 1 is 1.38 bits per heavy atom. The number of hydrogen-bond acceptors (Lipinski definition) is 5. The second-order valence-corrected chi connectivity index (χ2v) is 6.64. The number of nitrogens with zero attached hydrogens (tertiary/aromatic N) is 2. The van der Waals surface area contributed by atoms with E-state index in [-0.39, 0.29) is 28.9 Å². The molecule has 0 radical (unpaired) electrons. The highest BCUT2D eigenvalue weighted by atomic mass is 35.5. The van der Waals surface area contributed by atoms with Gasteiger partial charge in [-0.05, 0) is 32.9 Å². The molecular weight excluding hydrogens is 338 g/mol. The van der Waals surface area contributed by atoms with Crippen molar-refractivity contribution in [1.82, 2.24) is 10.2 Å². The van der Waals surface area contributed by atoms with E-state index < -0.39 is 23.0 Å². The summed E-state index contributed by atoms with van der Waals surface area (Å²) in [5.41, 5.74) is -0.732. The largest absolute Gasteiger partial charge is 0.477 e. The quantitative estimate of drug-likeness (QED) is 0.619. The van der Waals surface area contributed by atoms with Crippen LogP contribution in [0, 0.1) is 10.1 Å². The lowest BCUT2D eigenvalue weighted by Crippen LogP contribution is -2.47. The Bertz CT molecular complexity index is 642. The summed E-state index contributed by atoms with van der Waals surface area (Å²) in [5, 5.41) is 13.9. The third-order valence-corrected chi connectivity index (χ3v) is 3.02. The van der Waals surface area contributed by atoms with Crippen molar-refractivity contribution in [3.05, 3.63) is 33.3 Å². The van der Waals surface area contributed by atoms with Gasteiger partial charge in [-0.2, -0.15) is 0 Å². The van der Waals surface area contributed by atoms with E-state index in [1.54, 1.807) is 0 Å². The summed E-state index contributed by atoms with van der Waals surface area (Å²) >= 11 is 5.70. The third-order valence-electron chi connectivity index (χ3n) is 2.79. The highest BCUT2D eigenvalue weighted by molar-refractivity contribution is 6.30. The van der Waals surface area contributed by atoms with Gasteiger partial charge in [0.2, 0.25) is 5.91 Å². The van der Waals surface area contributed by atoms with Gasteiger partial charge in [-0.25, -0.2) is 0 Å². The molecule has 0 aromatic heterocycles. The van der Waals surface area contributed by atoms with Gasteiger partial charge in [0.1, 0.15) is 0 Å². The number of amides is 2. The van der Waals surface area contributed by atoms with E-state index in [0.29, 0.717) is 0 Å². The van der Waals surface area contributed by atoms with Crippen molar-refractivity contribution in [3.8, 4) is 5.75 Å². The lowest BCUT2D eigenvalue weighted by Gasteiger charge is -2.23. The summed E-state index contributed by atoms with van der Waals surface area (Å²) in [7, 11) is 1.45. The summed E-state index contributed by atoms with van der Waals surface area (Å²) in [6.45, 7) is 4.92. The zero-order chi connectivity index (χ0) is 18.5. The van der Waals surface area contributed by atoms with E-state index >= 15 is 0 Å². The van der Waals surface area contributed by atoms with Crippen LogP contribution < -0.4 is 10.1 Å². The van der Waals surface area contributed by atoms with E-state index in [1.807, 2.05) is 20.8 Å². The van der Waals surface area contributed by atoms with Crippen LogP contribution in [0.4, 0.5) is 5.69 Å². The lowest BCUT2D eigenvalue weighted by atomic mass is 10.1. The molecule has 0 spiro atoms. The molecule has 8 nitrogen and oxygen atoms in total. The number of nitrogens with one attached hydrogen (secondary N) is 1. The molecule has 0 atom stereocenters. The van der Waals surface area contributed by atoms with Gasteiger partial charge in [0.25, 0.3) is 5.91 Å². The molecule has 0 bridgehead atoms. The predicted octanol–water partition coefficient (Wildman–Crippen LogP) is 2.00. The zero-order valence-electron chi connectivity index (χ0n) is 14.0. The minimum absolute atomic E-state index is 0.0645. The number of carbonyl (C=O) groups excluding carboxylic acids is 2. The number of ether oxygens (including phenoxy) is 1. The van der Waals surface area contributed by atoms with Crippen molar-refractivity contribution >= 4 is 29.1 Å². The van der Waals surface area contributed by atoms with Gasteiger partial charge in [-0.15, -0.1) is 0 Å². The van der Waals surface area contributed by atoms with E-state index in [1.165, 1.54) is 24.1 Å². The summed E-state index contributed by atoms with van der Waals surface area (Å²) in [5.74, 6) is -0.857. The fourth-order valence-corrected chi connectivity index (χ4v) is 1.93. The van der Waals surface area contributed by atoms with Gasteiger partial charge in [0, 0.05) is 23.7 Å². The van der Waals surface area contributed by atoms with E-state index in [9.17, 15) is 19.7 Å². The third kappa shape index (κ3) is 6.41. The molecular formula is C15H20ClN3O5. The van der Waals surface area contributed by atoms with Crippen LogP contribution in [0.25, 0.3) is 0 Å². The molecule has 1 rings (SSSR count). The normalized spacial score (nSPS) is 10.9. The highest BCUT2D eigenvalue weighted by Crippen LogP contribution is 2.29. The fourth-order valence-electron chi connectivity index (χ4n) is 1.77. The Hall–Kier alpha value is -2.35. The number of hydrogen-bond donors (Lipinski definition) is 1. The van der Waals surface area contributed by atoms with Gasteiger partial charge in [0.15, 0.2) is 12.4 Å². The van der Waals surface area contributed by atoms with Crippen molar-refractivity contribution in [2.45, 2.75) is 26.3 Å². The molecule has 1 aromatic rings. The standard InChI is InChI=1S/C15H20ClN3O5/c1-15(2,3)17-13(20)8-18(4)14(21)9-24-12-6-5-10(16)7-11(12)19(22)23/h5-7H,8-9H2,1-4H3,(H,17,20). The summed E-state index contributed by atoms with van der Waals surface area (Å²) in [4.78, 5) is 35.3. The fraction of sp³-hybridized carbons (Fsp3) is 0.467. The topological polar surface area (TPSA) is 102 Å². The number of rotatable bonds is 6. The molecule has 0 unspecified atom stereocenters. The van der Waals surface area contributed by atoms with Crippen LogP contribution in [0.1, 0.15) is 20.8 Å². The van der Waals surface area contributed by atoms with Crippen molar-refractivity contribution in [2.75, 3.05) is 20.2 Å². The van der Waals surface area contributed by atoms with Crippen molar-refractivity contribution in [1.29, 1.82) is 0 Å². The van der Waals surface area contributed by atoms with Crippen LogP contribution in [0.2, 0.25) is 5.02 Å². The van der Waals surface area contributed by atoms with Gasteiger partial charge < -0.3 is 15.0 Å². The number of nitro benzene ring substituents is 1. The average molecular weight is 358 g/mol. The Labute approximate surface area is 144 Å². The number of benzene rings is 1. The van der Waals surface area contributed by atoms with E-state index in [0.717, 1.165) is 6.07 Å². The first-order chi connectivity index (χ1) is 11.0. The van der Waals surface area contributed by atoms with Crippen LogP contribution in [0.3, 0.4) is 0 Å². The maximum absolute atomic E-state index is 12.0. The van der Waals surface area contributed by atoms with Crippen LogP contribution in [-0.2, 0) is 9.59 Å². The Morgan fingerprint density at radius 2 is 2.00 bits per heavy atom. The van der Waals surface area contributed by atoms with Gasteiger partial charge in [0.05, 0.1) is 11.5 Å². The van der Waals surface area contributed by atoms with Crippen molar-refractivity contribution < 1.29 is 19.2 Å². The van der Waals surface area contributed by atoms with Gasteiger partial charge >= 0.3 is 5.69 Å². The number of carbonyl (C=O) groups is 2.